The Bertz CT molecular complexity index is 661. The van der Waals surface area contributed by atoms with Crippen LogP contribution < -0.4 is 10.1 Å². The maximum atomic E-state index is 12.7. The number of nitrogens with zero attached hydrogens (tertiary/aromatic N) is 1. The molecule has 1 aromatic rings. The first-order valence-corrected chi connectivity index (χ1v) is 9.10. The number of para-hydroxylation sites is 1. The summed E-state index contributed by atoms with van der Waals surface area (Å²) in [4.78, 5) is 26.9. The van der Waals surface area contributed by atoms with Crippen molar-refractivity contribution in [1.82, 2.24) is 10.2 Å². The molecular formula is C19H24N2O4. The van der Waals surface area contributed by atoms with Crippen LogP contribution in [0.2, 0.25) is 0 Å². The van der Waals surface area contributed by atoms with Gasteiger partial charge in [0.2, 0.25) is 5.91 Å². The van der Waals surface area contributed by atoms with Crippen molar-refractivity contribution >= 4 is 11.8 Å². The number of hydrogen-bond acceptors (Lipinski definition) is 4. The molecule has 0 aromatic heterocycles. The van der Waals surface area contributed by atoms with Crippen LogP contribution in [0.25, 0.3) is 0 Å². The lowest BCUT2D eigenvalue weighted by atomic mass is 9.89. The van der Waals surface area contributed by atoms with Crippen molar-refractivity contribution < 1.29 is 19.1 Å². The molecule has 1 spiro atoms. The quantitative estimate of drug-likeness (QED) is 0.840. The van der Waals surface area contributed by atoms with Crippen molar-refractivity contribution in [2.24, 2.45) is 5.92 Å². The fourth-order valence-electron chi connectivity index (χ4n) is 3.97. The maximum absolute atomic E-state index is 12.7. The van der Waals surface area contributed by atoms with E-state index in [1.165, 1.54) is 0 Å². The summed E-state index contributed by atoms with van der Waals surface area (Å²) in [6.07, 6.45) is 3.11. The molecule has 0 unspecified atom stereocenters. The van der Waals surface area contributed by atoms with Crippen molar-refractivity contribution in [2.75, 3.05) is 32.8 Å². The van der Waals surface area contributed by atoms with Gasteiger partial charge in [-0.15, -0.1) is 0 Å². The summed E-state index contributed by atoms with van der Waals surface area (Å²) in [6, 6.07) is 7.36. The van der Waals surface area contributed by atoms with E-state index in [2.05, 4.69) is 5.32 Å². The summed E-state index contributed by atoms with van der Waals surface area (Å²) in [5.74, 6) is 0.893. The minimum Gasteiger partial charge on any atom is -0.484 e. The number of benzene rings is 1. The first-order valence-electron chi connectivity index (χ1n) is 9.10. The van der Waals surface area contributed by atoms with Gasteiger partial charge in [-0.2, -0.15) is 0 Å². The highest BCUT2D eigenvalue weighted by Gasteiger charge is 2.41. The molecule has 1 aromatic carbocycles. The first kappa shape index (κ1) is 16.4. The molecule has 6 nitrogen and oxygen atoms in total. The summed E-state index contributed by atoms with van der Waals surface area (Å²) in [6.45, 7) is 3.20. The molecule has 1 N–H and O–H groups in total. The summed E-state index contributed by atoms with van der Waals surface area (Å²) in [5.41, 5.74) is 0.162. The number of ether oxygens (including phenoxy) is 2. The van der Waals surface area contributed by atoms with Crippen molar-refractivity contribution in [3.63, 3.8) is 0 Å². The molecule has 6 heteroatoms. The SMILES string of the molecule is O=C1NCC2(CCN(C(=O)C3CCOCC3)CC2)Oc2ccccc21. The Morgan fingerprint density at radius 3 is 2.64 bits per heavy atom. The highest BCUT2D eigenvalue weighted by Crippen LogP contribution is 2.33. The number of carbonyl (C=O) groups is 2. The molecule has 0 atom stereocenters. The first-order chi connectivity index (χ1) is 12.2. The Kier molecular flexibility index (Phi) is 4.37. The molecule has 3 heterocycles. The van der Waals surface area contributed by atoms with Gasteiger partial charge in [-0.3, -0.25) is 9.59 Å². The van der Waals surface area contributed by atoms with Crippen molar-refractivity contribution in [2.45, 2.75) is 31.3 Å². The Labute approximate surface area is 147 Å². The Hall–Kier alpha value is -2.08. The van der Waals surface area contributed by atoms with Crippen molar-refractivity contribution in [3.8, 4) is 5.75 Å². The second-order valence-electron chi connectivity index (χ2n) is 7.18. The summed E-state index contributed by atoms with van der Waals surface area (Å²) in [7, 11) is 0. The van der Waals surface area contributed by atoms with Gasteiger partial charge in [-0.1, -0.05) is 12.1 Å². The highest BCUT2D eigenvalue weighted by molar-refractivity contribution is 5.97. The van der Waals surface area contributed by atoms with Gasteiger partial charge in [0, 0.05) is 45.1 Å². The van der Waals surface area contributed by atoms with Crippen LogP contribution in [0.5, 0.6) is 5.75 Å². The number of piperidine rings is 1. The van der Waals surface area contributed by atoms with Gasteiger partial charge >= 0.3 is 0 Å². The van der Waals surface area contributed by atoms with E-state index < -0.39 is 5.60 Å². The van der Waals surface area contributed by atoms with E-state index in [9.17, 15) is 9.59 Å². The van der Waals surface area contributed by atoms with Crippen molar-refractivity contribution in [1.29, 1.82) is 0 Å². The summed E-state index contributed by atoms with van der Waals surface area (Å²) in [5, 5.41) is 2.98. The van der Waals surface area contributed by atoms with E-state index in [4.69, 9.17) is 9.47 Å². The molecule has 2 saturated heterocycles. The molecule has 0 bridgehead atoms. The number of rotatable bonds is 1. The van der Waals surface area contributed by atoms with Crippen LogP contribution in [0.4, 0.5) is 0 Å². The molecule has 0 radical (unpaired) electrons. The van der Waals surface area contributed by atoms with Gasteiger partial charge < -0.3 is 19.7 Å². The molecule has 134 valence electrons. The van der Waals surface area contributed by atoms with E-state index in [-0.39, 0.29) is 17.7 Å². The highest BCUT2D eigenvalue weighted by atomic mass is 16.5. The van der Waals surface area contributed by atoms with E-state index in [0.29, 0.717) is 44.2 Å². The fourth-order valence-corrected chi connectivity index (χ4v) is 3.97. The van der Waals surface area contributed by atoms with Crippen LogP contribution in [0.1, 0.15) is 36.0 Å². The summed E-state index contributed by atoms with van der Waals surface area (Å²) >= 11 is 0. The smallest absolute Gasteiger partial charge is 0.255 e. The van der Waals surface area contributed by atoms with Gasteiger partial charge in [0.1, 0.15) is 11.4 Å². The largest absolute Gasteiger partial charge is 0.484 e. The normalized spacial score (nSPS) is 23.4. The Balaban J connectivity index is 1.44. The van der Waals surface area contributed by atoms with Gasteiger partial charge in [0.05, 0.1) is 12.1 Å². The number of likely N-dealkylation sites (tertiary alicyclic amines) is 1. The zero-order valence-electron chi connectivity index (χ0n) is 14.3. The standard InChI is InChI=1S/C19H24N2O4/c22-17-15-3-1-2-4-16(15)25-19(13-20-17)7-9-21(10-8-19)18(23)14-5-11-24-12-6-14/h1-4,14H,5-13H2,(H,20,22). The van der Waals surface area contributed by atoms with Crippen LogP contribution in [-0.2, 0) is 9.53 Å². The average Bonchev–Trinajstić information content (AvgIpc) is 2.80. The Morgan fingerprint density at radius 1 is 1.16 bits per heavy atom. The zero-order chi connectivity index (χ0) is 17.3. The van der Waals surface area contributed by atoms with Gasteiger partial charge in [-0.25, -0.2) is 0 Å². The summed E-state index contributed by atoms with van der Waals surface area (Å²) < 4.78 is 11.6. The van der Waals surface area contributed by atoms with Crippen LogP contribution in [0.15, 0.2) is 24.3 Å². The van der Waals surface area contributed by atoms with E-state index >= 15 is 0 Å². The molecule has 0 aliphatic carbocycles. The molecule has 3 aliphatic rings. The lowest BCUT2D eigenvalue weighted by molar-refractivity contribution is -0.141. The minimum atomic E-state index is -0.422. The Morgan fingerprint density at radius 2 is 1.88 bits per heavy atom. The predicted octanol–water partition coefficient (Wildman–Crippen LogP) is 1.60. The van der Waals surface area contributed by atoms with Crippen LogP contribution in [0.3, 0.4) is 0 Å². The lowest BCUT2D eigenvalue weighted by Crippen LogP contribution is -2.55. The third-order valence-electron chi connectivity index (χ3n) is 5.59. The van der Waals surface area contributed by atoms with E-state index in [1.54, 1.807) is 6.07 Å². The molecule has 3 aliphatic heterocycles. The number of nitrogens with one attached hydrogen (secondary N) is 1. The van der Waals surface area contributed by atoms with Crippen LogP contribution in [0, 0.1) is 5.92 Å². The van der Waals surface area contributed by atoms with E-state index in [0.717, 1.165) is 25.7 Å². The van der Waals surface area contributed by atoms with Gasteiger partial charge in [0.15, 0.2) is 0 Å². The molecule has 4 rings (SSSR count). The zero-order valence-corrected chi connectivity index (χ0v) is 14.3. The molecule has 2 amide bonds. The number of fused-ring (bicyclic) bond motifs is 1. The third-order valence-corrected chi connectivity index (χ3v) is 5.59. The van der Waals surface area contributed by atoms with Crippen molar-refractivity contribution in [3.05, 3.63) is 29.8 Å². The van der Waals surface area contributed by atoms with Gasteiger partial charge in [0.25, 0.3) is 5.91 Å². The maximum Gasteiger partial charge on any atom is 0.255 e. The molecule has 25 heavy (non-hydrogen) atoms. The molecular weight excluding hydrogens is 320 g/mol. The fraction of sp³-hybridized carbons (Fsp3) is 0.579. The third kappa shape index (κ3) is 3.23. The second-order valence-corrected chi connectivity index (χ2v) is 7.18. The van der Waals surface area contributed by atoms with Gasteiger partial charge in [-0.05, 0) is 25.0 Å². The second kappa shape index (κ2) is 6.67. The van der Waals surface area contributed by atoms with E-state index in [1.807, 2.05) is 23.1 Å². The number of hydrogen-bond donors (Lipinski definition) is 1. The predicted molar refractivity (Wildman–Crippen MR) is 91.5 cm³/mol. The topological polar surface area (TPSA) is 67.9 Å². The number of carbonyl (C=O) groups excluding carboxylic acids is 2. The number of amides is 2. The lowest BCUT2D eigenvalue weighted by Gasteiger charge is -2.42. The minimum absolute atomic E-state index is 0.0896. The van der Waals surface area contributed by atoms with Crippen LogP contribution >= 0.6 is 0 Å². The monoisotopic (exact) mass is 344 g/mol. The molecule has 0 saturated carbocycles. The average molecular weight is 344 g/mol. The van der Waals surface area contributed by atoms with Crippen LogP contribution in [-0.4, -0.2) is 55.2 Å². The molecule has 2 fully saturated rings.